The Kier molecular flexibility index (Phi) is 5.69. The average Bonchev–Trinajstić information content (AvgIpc) is 3.31. The van der Waals surface area contributed by atoms with E-state index in [-0.39, 0.29) is 5.56 Å². The van der Waals surface area contributed by atoms with Crippen LogP contribution in [-0.2, 0) is 18.9 Å². The van der Waals surface area contributed by atoms with Crippen LogP contribution in [0.1, 0.15) is 0 Å². The van der Waals surface area contributed by atoms with Crippen molar-refractivity contribution in [1.82, 2.24) is 24.5 Å². The number of carboxylic acid groups (broad SMARTS) is 1. The molecule has 0 saturated carbocycles. The maximum Gasteiger partial charge on any atom is 0.490 e. The predicted octanol–water partition coefficient (Wildman–Crippen LogP) is 3.09. The number of carbonyl (C=O) groups is 1. The summed E-state index contributed by atoms with van der Waals surface area (Å²) in [4.78, 5) is 25.6. The fourth-order valence-electron chi connectivity index (χ4n) is 2.62. The van der Waals surface area contributed by atoms with E-state index in [0.717, 1.165) is 27.1 Å². The summed E-state index contributed by atoms with van der Waals surface area (Å²) >= 11 is 1.53. The molecule has 4 aromatic rings. The van der Waals surface area contributed by atoms with Gasteiger partial charge in [0.2, 0.25) is 0 Å². The van der Waals surface area contributed by atoms with Gasteiger partial charge in [-0.3, -0.25) is 14.5 Å². The molecule has 8 nitrogen and oxygen atoms in total. The van der Waals surface area contributed by atoms with Gasteiger partial charge in [-0.05, 0) is 12.1 Å². The lowest BCUT2D eigenvalue weighted by atomic mass is 10.1. The van der Waals surface area contributed by atoms with E-state index in [4.69, 9.17) is 9.90 Å². The molecule has 1 N–H and O–H groups in total. The number of aromatic nitrogens is 5. The van der Waals surface area contributed by atoms with Gasteiger partial charge >= 0.3 is 12.1 Å². The second kappa shape index (κ2) is 8.06. The van der Waals surface area contributed by atoms with Crippen molar-refractivity contribution < 1.29 is 23.1 Å². The summed E-state index contributed by atoms with van der Waals surface area (Å²) in [6.45, 7) is 0. The Morgan fingerprint density at radius 2 is 1.80 bits per heavy atom. The quantitative estimate of drug-likeness (QED) is 0.517. The molecule has 0 aliphatic heterocycles. The van der Waals surface area contributed by atoms with Crippen molar-refractivity contribution in [2.45, 2.75) is 6.18 Å². The normalized spacial score (nSPS) is 11.2. The Morgan fingerprint density at radius 3 is 2.33 bits per heavy atom. The lowest BCUT2D eigenvalue weighted by molar-refractivity contribution is -0.192. The molecule has 0 aliphatic carbocycles. The summed E-state index contributed by atoms with van der Waals surface area (Å²) in [5, 5.41) is 18.5. The first-order valence-electron chi connectivity index (χ1n) is 8.27. The molecule has 4 heterocycles. The topological polar surface area (TPSA) is 103 Å². The highest BCUT2D eigenvalue weighted by molar-refractivity contribution is 7.18. The van der Waals surface area contributed by atoms with Crippen LogP contribution in [0.3, 0.4) is 0 Å². The van der Waals surface area contributed by atoms with Gasteiger partial charge in [-0.1, -0.05) is 0 Å². The van der Waals surface area contributed by atoms with E-state index >= 15 is 0 Å². The van der Waals surface area contributed by atoms with E-state index in [9.17, 15) is 18.0 Å². The number of hydrogen-bond acceptors (Lipinski definition) is 6. The summed E-state index contributed by atoms with van der Waals surface area (Å²) in [6.07, 6.45) is 2.05. The number of fused-ring (bicyclic) bond motifs is 1. The molecule has 156 valence electrons. The van der Waals surface area contributed by atoms with Gasteiger partial charge in [0.1, 0.15) is 5.69 Å². The van der Waals surface area contributed by atoms with Crippen molar-refractivity contribution in [3.05, 3.63) is 52.7 Å². The molecule has 0 spiro atoms. The standard InChI is InChI=1S/C16H13N5OS.C2HF3O2/c1-20-8-11(7-18-20)12-9-23-15-13(12)16(22)21(2)19-14(15)10-3-5-17-6-4-10;3-2(4,5)1(6)7/h3-9H,1-2H3;(H,6,7). The zero-order valence-corrected chi connectivity index (χ0v) is 16.4. The van der Waals surface area contributed by atoms with Crippen molar-refractivity contribution in [2.24, 2.45) is 14.1 Å². The highest BCUT2D eigenvalue weighted by Crippen LogP contribution is 2.36. The molecule has 4 rings (SSSR count). The largest absolute Gasteiger partial charge is 0.490 e. The van der Waals surface area contributed by atoms with E-state index in [1.54, 1.807) is 30.3 Å². The van der Waals surface area contributed by atoms with E-state index in [1.807, 2.05) is 30.8 Å². The van der Waals surface area contributed by atoms with Crippen molar-refractivity contribution >= 4 is 27.4 Å². The Bertz CT molecular complexity index is 1260. The summed E-state index contributed by atoms with van der Waals surface area (Å²) in [5.41, 5.74) is 3.47. The molecular formula is C18H14F3N5O3S. The maximum atomic E-state index is 12.6. The number of carboxylic acids is 1. The number of pyridine rings is 1. The van der Waals surface area contributed by atoms with E-state index < -0.39 is 12.1 Å². The molecular weight excluding hydrogens is 423 g/mol. The number of hydrogen-bond donors (Lipinski definition) is 1. The van der Waals surface area contributed by atoms with Crippen molar-refractivity contribution in [3.8, 4) is 22.4 Å². The Balaban J connectivity index is 0.000000318. The summed E-state index contributed by atoms with van der Waals surface area (Å²) < 4.78 is 35.7. The van der Waals surface area contributed by atoms with Gasteiger partial charge in [0.25, 0.3) is 5.56 Å². The predicted molar refractivity (Wildman–Crippen MR) is 104 cm³/mol. The zero-order chi connectivity index (χ0) is 22.1. The first-order chi connectivity index (χ1) is 14.1. The number of nitrogens with zero attached hydrogens (tertiary/aromatic N) is 5. The van der Waals surface area contributed by atoms with E-state index in [2.05, 4.69) is 15.2 Å². The van der Waals surface area contributed by atoms with E-state index in [1.165, 1.54) is 16.0 Å². The number of thiophene rings is 1. The van der Waals surface area contributed by atoms with Gasteiger partial charge in [0, 0.05) is 54.8 Å². The van der Waals surface area contributed by atoms with Crippen LogP contribution in [0.25, 0.3) is 32.5 Å². The minimum Gasteiger partial charge on any atom is -0.475 e. The third kappa shape index (κ3) is 4.22. The third-order valence-corrected chi connectivity index (χ3v) is 4.96. The van der Waals surface area contributed by atoms with Gasteiger partial charge in [0.15, 0.2) is 0 Å². The minimum atomic E-state index is -5.08. The van der Waals surface area contributed by atoms with Crippen LogP contribution < -0.4 is 5.56 Å². The Morgan fingerprint density at radius 1 is 1.17 bits per heavy atom. The molecule has 0 atom stereocenters. The fourth-order valence-corrected chi connectivity index (χ4v) is 3.69. The van der Waals surface area contributed by atoms with Crippen LogP contribution in [0.4, 0.5) is 13.2 Å². The molecule has 0 bridgehead atoms. The smallest absolute Gasteiger partial charge is 0.475 e. The van der Waals surface area contributed by atoms with Crippen LogP contribution >= 0.6 is 11.3 Å². The summed E-state index contributed by atoms with van der Waals surface area (Å²) in [5.74, 6) is -2.76. The first-order valence-corrected chi connectivity index (χ1v) is 9.15. The molecule has 30 heavy (non-hydrogen) atoms. The number of rotatable bonds is 2. The molecule has 0 fully saturated rings. The van der Waals surface area contributed by atoms with E-state index in [0.29, 0.717) is 5.39 Å². The molecule has 0 aromatic carbocycles. The lowest BCUT2D eigenvalue weighted by Crippen LogP contribution is -2.21. The first kappa shape index (κ1) is 21.2. The molecule has 0 amide bonds. The fraction of sp³-hybridized carbons (Fsp3) is 0.167. The molecule has 0 saturated heterocycles. The van der Waals surface area contributed by atoms with Crippen molar-refractivity contribution in [1.29, 1.82) is 0 Å². The van der Waals surface area contributed by atoms with Crippen LogP contribution in [0.5, 0.6) is 0 Å². The van der Waals surface area contributed by atoms with Gasteiger partial charge < -0.3 is 5.11 Å². The second-order valence-electron chi connectivity index (χ2n) is 6.07. The number of halogens is 3. The Labute approximate surface area is 170 Å². The van der Waals surface area contributed by atoms with Crippen LogP contribution in [-0.4, -0.2) is 41.8 Å². The number of aliphatic carboxylic acids is 1. The highest BCUT2D eigenvalue weighted by Gasteiger charge is 2.38. The summed E-state index contributed by atoms with van der Waals surface area (Å²) in [6, 6.07) is 3.80. The molecule has 0 unspecified atom stereocenters. The third-order valence-electron chi connectivity index (χ3n) is 3.98. The molecule has 12 heteroatoms. The monoisotopic (exact) mass is 437 g/mol. The van der Waals surface area contributed by atoms with Gasteiger partial charge in [-0.15, -0.1) is 11.3 Å². The summed E-state index contributed by atoms with van der Waals surface area (Å²) in [7, 11) is 3.54. The van der Waals surface area contributed by atoms with Crippen molar-refractivity contribution in [2.75, 3.05) is 0 Å². The zero-order valence-electron chi connectivity index (χ0n) is 15.6. The van der Waals surface area contributed by atoms with Gasteiger partial charge in [-0.2, -0.15) is 23.4 Å². The Hall–Kier alpha value is -3.54. The van der Waals surface area contributed by atoms with Crippen LogP contribution in [0.2, 0.25) is 0 Å². The molecule has 4 aromatic heterocycles. The minimum absolute atomic E-state index is 0.0992. The van der Waals surface area contributed by atoms with Crippen LogP contribution in [0, 0.1) is 0 Å². The SMILES string of the molecule is Cn1cc(-c2csc3c(-c4ccncc4)nn(C)c(=O)c23)cn1.O=C(O)C(F)(F)F. The van der Waals surface area contributed by atoms with Crippen LogP contribution in [0.15, 0.2) is 47.1 Å². The highest BCUT2D eigenvalue weighted by atomic mass is 32.1. The van der Waals surface area contributed by atoms with Gasteiger partial charge in [-0.25, -0.2) is 9.48 Å². The molecule has 0 radical (unpaired) electrons. The maximum absolute atomic E-state index is 12.6. The number of alkyl halides is 3. The van der Waals surface area contributed by atoms with Gasteiger partial charge in [0.05, 0.1) is 16.3 Å². The number of aryl methyl sites for hydroxylation is 2. The lowest BCUT2D eigenvalue weighted by Gasteiger charge is -2.05. The molecule has 0 aliphatic rings. The average molecular weight is 437 g/mol. The van der Waals surface area contributed by atoms with Crippen molar-refractivity contribution in [3.63, 3.8) is 0 Å². The second-order valence-corrected chi connectivity index (χ2v) is 6.95.